The summed E-state index contributed by atoms with van der Waals surface area (Å²) in [6.45, 7) is 11.1. The molecule has 102 valence electrons. The van der Waals surface area contributed by atoms with E-state index in [0.29, 0.717) is 12.0 Å². The van der Waals surface area contributed by atoms with E-state index in [1.165, 1.54) is 5.56 Å². The summed E-state index contributed by atoms with van der Waals surface area (Å²) in [7, 11) is 1.66. The monoisotopic (exact) mass is 251 g/mol. The Labute approximate surface area is 110 Å². The average Bonchev–Trinajstić information content (AvgIpc) is 2.28. The lowest BCUT2D eigenvalue weighted by Gasteiger charge is -2.19. The topological polar surface area (TPSA) is 30.5 Å². The summed E-state index contributed by atoms with van der Waals surface area (Å²) in [6, 6.07) is 6.06. The van der Waals surface area contributed by atoms with Gasteiger partial charge in [-0.2, -0.15) is 0 Å². The van der Waals surface area contributed by atoms with Crippen LogP contribution in [0.2, 0.25) is 0 Å². The molecule has 0 bridgehead atoms. The van der Waals surface area contributed by atoms with Crippen LogP contribution in [-0.4, -0.2) is 20.3 Å². The lowest BCUT2D eigenvalue weighted by atomic mass is 9.97. The number of benzene rings is 1. The molecule has 0 unspecified atom stereocenters. The van der Waals surface area contributed by atoms with E-state index in [9.17, 15) is 0 Å². The van der Waals surface area contributed by atoms with Gasteiger partial charge in [0.1, 0.15) is 0 Å². The lowest BCUT2D eigenvalue weighted by molar-refractivity contribution is 0.310. The Hall–Kier alpha value is -1.22. The standard InChI is InChI=1S/C15H25NO2/c1-6-18-14-9-12(7-8-13(14)17-5)10-16-11-15(2,3)4/h7-9,16H,6,10-11H2,1-5H3. The van der Waals surface area contributed by atoms with Crippen molar-refractivity contribution < 1.29 is 9.47 Å². The minimum Gasteiger partial charge on any atom is -0.493 e. The number of hydrogen-bond donors (Lipinski definition) is 1. The molecule has 0 atom stereocenters. The first-order chi connectivity index (χ1) is 8.46. The highest BCUT2D eigenvalue weighted by Crippen LogP contribution is 2.28. The minimum absolute atomic E-state index is 0.301. The molecule has 0 aliphatic carbocycles. The molecule has 0 spiro atoms. The summed E-state index contributed by atoms with van der Waals surface area (Å²) >= 11 is 0. The zero-order chi connectivity index (χ0) is 13.6. The van der Waals surface area contributed by atoms with Gasteiger partial charge in [0.2, 0.25) is 0 Å². The molecule has 0 heterocycles. The number of nitrogens with one attached hydrogen (secondary N) is 1. The van der Waals surface area contributed by atoms with Crippen LogP contribution < -0.4 is 14.8 Å². The van der Waals surface area contributed by atoms with Crippen LogP contribution in [0.1, 0.15) is 33.3 Å². The Balaban J connectivity index is 2.64. The number of hydrogen-bond acceptors (Lipinski definition) is 3. The molecule has 0 saturated heterocycles. The van der Waals surface area contributed by atoms with Crippen molar-refractivity contribution in [3.05, 3.63) is 23.8 Å². The van der Waals surface area contributed by atoms with E-state index in [-0.39, 0.29) is 0 Å². The molecular weight excluding hydrogens is 226 g/mol. The van der Waals surface area contributed by atoms with Crippen LogP contribution in [0, 0.1) is 5.41 Å². The van der Waals surface area contributed by atoms with Gasteiger partial charge in [0.15, 0.2) is 11.5 Å². The highest BCUT2D eigenvalue weighted by atomic mass is 16.5. The van der Waals surface area contributed by atoms with E-state index in [1.54, 1.807) is 7.11 Å². The minimum atomic E-state index is 0.301. The fraction of sp³-hybridized carbons (Fsp3) is 0.600. The molecule has 3 nitrogen and oxygen atoms in total. The zero-order valence-corrected chi connectivity index (χ0v) is 12.2. The number of ether oxygens (including phenoxy) is 2. The molecule has 1 aromatic carbocycles. The van der Waals surface area contributed by atoms with E-state index in [2.05, 4.69) is 32.2 Å². The van der Waals surface area contributed by atoms with E-state index >= 15 is 0 Å². The van der Waals surface area contributed by atoms with Crippen molar-refractivity contribution in [1.29, 1.82) is 0 Å². The van der Waals surface area contributed by atoms with Crippen molar-refractivity contribution >= 4 is 0 Å². The molecule has 0 aliphatic rings. The Morgan fingerprint density at radius 3 is 2.44 bits per heavy atom. The number of rotatable bonds is 6. The normalized spacial score (nSPS) is 11.4. The molecule has 0 radical (unpaired) electrons. The first-order valence-corrected chi connectivity index (χ1v) is 6.46. The maximum atomic E-state index is 5.56. The van der Waals surface area contributed by atoms with Crippen molar-refractivity contribution in [1.82, 2.24) is 5.32 Å². The molecule has 18 heavy (non-hydrogen) atoms. The molecule has 0 fully saturated rings. The highest BCUT2D eigenvalue weighted by molar-refractivity contribution is 5.42. The third-order valence-electron chi connectivity index (χ3n) is 2.51. The quantitative estimate of drug-likeness (QED) is 0.842. The Bertz CT molecular complexity index is 369. The molecule has 0 saturated carbocycles. The van der Waals surface area contributed by atoms with Crippen LogP contribution in [0.25, 0.3) is 0 Å². The van der Waals surface area contributed by atoms with Crippen molar-refractivity contribution in [2.24, 2.45) is 5.41 Å². The molecule has 1 rings (SSSR count). The van der Waals surface area contributed by atoms with Gasteiger partial charge in [0, 0.05) is 13.1 Å². The largest absolute Gasteiger partial charge is 0.493 e. The first-order valence-electron chi connectivity index (χ1n) is 6.46. The second kappa shape index (κ2) is 6.64. The lowest BCUT2D eigenvalue weighted by Crippen LogP contribution is -2.26. The fourth-order valence-corrected chi connectivity index (χ4v) is 1.68. The van der Waals surface area contributed by atoms with Gasteiger partial charge >= 0.3 is 0 Å². The Kier molecular flexibility index (Phi) is 5.48. The second-order valence-corrected chi connectivity index (χ2v) is 5.58. The van der Waals surface area contributed by atoms with Gasteiger partial charge < -0.3 is 14.8 Å². The highest BCUT2D eigenvalue weighted by Gasteiger charge is 2.10. The molecular formula is C15H25NO2. The molecule has 1 aromatic rings. The predicted octanol–water partition coefficient (Wildman–Crippen LogP) is 3.23. The predicted molar refractivity (Wildman–Crippen MR) is 75.3 cm³/mol. The van der Waals surface area contributed by atoms with Crippen LogP contribution in [0.5, 0.6) is 11.5 Å². The van der Waals surface area contributed by atoms with E-state index < -0.39 is 0 Å². The van der Waals surface area contributed by atoms with E-state index in [1.807, 2.05) is 19.1 Å². The van der Waals surface area contributed by atoms with Gasteiger partial charge in [0.25, 0.3) is 0 Å². The van der Waals surface area contributed by atoms with Gasteiger partial charge in [-0.25, -0.2) is 0 Å². The van der Waals surface area contributed by atoms with Crippen molar-refractivity contribution in [2.75, 3.05) is 20.3 Å². The van der Waals surface area contributed by atoms with Crippen LogP contribution in [0.4, 0.5) is 0 Å². The van der Waals surface area contributed by atoms with Crippen molar-refractivity contribution in [2.45, 2.75) is 34.2 Å². The first kappa shape index (κ1) is 14.8. The summed E-state index contributed by atoms with van der Waals surface area (Å²) in [5, 5.41) is 3.45. The summed E-state index contributed by atoms with van der Waals surface area (Å²) in [6.07, 6.45) is 0. The van der Waals surface area contributed by atoms with Gasteiger partial charge in [-0.3, -0.25) is 0 Å². The van der Waals surface area contributed by atoms with Gasteiger partial charge in [-0.05, 0) is 30.0 Å². The molecule has 3 heteroatoms. The molecule has 0 aliphatic heterocycles. The zero-order valence-electron chi connectivity index (χ0n) is 12.2. The maximum Gasteiger partial charge on any atom is 0.161 e. The molecule has 0 amide bonds. The molecule has 1 N–H and O–H groups in total. The molecule has 0 aromatic heterocycles. The third-order valence-corrected chi connectivity index (χ3v) is 2.51. The Morgan fingerprint density at radius 2 is 1.89 bits per heavy atom. The van der Waals surface area contributed by atoms with Crippen molar-refractivity contribution in [3.63, 3.8) is 0 Å². The van der Waals surface area contributed by atoms with Gasteiger partial charge in [0.05, 0.1) is 13.7 Å². The van der Waals surface area contributed by atoms with Crippen LogP contribution in [0.15, 0.2) is 18.2 Å². The fourth-order valence-electron chi connectivity index (χ4n) is 1.68. The summed E-state index contributed by atoms with van der Waals surface area (Å²) in [5.74, 6) is 1.60. The Morgan fingerprint density at radius 1 is 1.17 bits per heavy atom. The SMILES string of the molecule is CCOc1cc(CNCC(C)(C)C)ccc1OC. The average molecular weight is 251 g/mol. The third kappa shape index (κ3) is 4.96. The van der Waals surface area contributed by atoms with Crippen molar-refractivity contribution in [3.8, 4) is 11.5 Å². The summed E-state index contributed by atoms with van der Waals surface area (Å²) < 4.78 is 10.8. The van der Waals surface area contributed by atoms with Gasteiger partial charge in [-0.1, -0.05) is 26.8 Å². The van der Waals surface area contributed by atoms with Crippen LogP contribution in [0.3, 0.4) is 0 Å². The second-order valence-electron chi connectivity index (χ2n) is 5.58. The van der Waals surface area contributed by atoms with E-state index in [4.69, 9.17) is 9.47 Å². The van der Waals surface area contributed by atoms with Gasteiger partial charge in [-0.15, -0.1) is 0 Å². The van der Waals surface area contributed by atoms with Crippen LogP contribution in [-0.2, 0) is 6.54 Å². The smallest absolute Gasteiger partial charge is 0.161 e. The van der Waals surface area contributed by atoms with Crippen LogP contribution >= 0.6 is 0 Å². The summed E-state index contributed by atoms with van der Waals surface area (Å²) in [5.41, 5.74) is 1.51. The van der Waals surface area contributed by atoms with E-state index in [0.717, 1.165) is 24.6 Å². The number of methoxy groups -OCH3 is 1. The maximum absolute atomic E-state index is 5.56. The summed E-state index contributed by atoms with van der Waals surface area (Å²) in [4.78, 5) is 0.